The molecule has 0 aliphatic heterocycles. The molecular weight excluding hydrogens is 182 g/mol. The van der Waals surface area contributed by atoms with E-state index < -0.39 is 11.6 Å². The highest BCUT2D eigenvalue weighted by molar-refractivity contribution is 5.79. The molecule has 0 aromatic heterocycles. The molecule has 0 heterocycles. The van der Waals surface area contributed by atoms with Gasteiger partial charge in [-0.25, -0.2) is 4.79 Å². The van der Waals surface area contributed by atoms with Crippen molar-refractivity contribution >= 4 is 11.7 Å². The molecule has 0 aliphatic rings. The summed E-state index contributed by atoms with van der Waals surface area (Å²) in [7, 11) is 1.37. The van der Waals surface area contributed by atoms with Crippen LogP contribution in [0.5, 0.6) is 0 Å². The van der Waals surface area contributed by atoms with Gasteiger partial charge in [-0.1, -0.05) is 12.1 Å². The molecule has 0 bridgehead atoms. The molecular formula is C10H13NO3. The van der Waals surface area contributed by atoms with Gasteiger partial charge in [0, 0.05) is 12.8 Å². The predicted octanol–water partition coefficient (Wildman–Crippen LogP) is 1.22. The number of carboxylic acid groups (broad SMARTS) is 1. The summed E-state index contributed by atoms with van der Waals surface area (Å²) in [6, 6.07) is 6.59. The van der Waals surface area contributed by atoms with Crippen LogP contribution in [0.1, 0.15) is 12.5 Å². The van der Waals surface area contributed by atoms with Crippen LogP contribution in [0.4, 0.5) is 5.69 Å². The van der Waals surface area contributed by atoms with Crippen molar-refractivity contribution in [2.75, 3.05) is 12.8 Å². The van der Waals surface area contributed by atoms with E-state index in [0.717, 1.165) is 0 Å². The summed E-state index contributed by atoms with van der Waals surface area (Å²) >= 11 is 0. The van der Waals surface area contributed by atoms with Gasteiger partial charge >= 0.3 is 5.97 Å². The van der Waals surface area contributed by atoms with Crippen LogP contribution in [0.15, 0.2) is 24.3 Å². The van der Waals surface area contributed by atoms with E-state index in [1.54, 1.807) is 24.3 Å². The highest BCUT2D eigenvalue weighted by Gasteiger charge is 2.34. The monoisotopic (exact) mass is 195 g/mol. The number of nitrogen functional groups attached to an aromatic ring is 1. The molecule has 4 nitrogen and oxygen atoms in total. The van der Waals surface area contributed by atoms with Crippen LogP contribution in [-0.2, 0) is 15.1 Å². The molecule has 0 saturated heterocycles. The van der Waals surface area contributed by atoms with Crippen molar-refractivity contribution in [2.24, 2.45) is 0 Å². The van der Waals surface area contributed by atoms with Gasteiger partial charge < -0.3 is 15.6 Å². The van der Waals surface area contributed by atoms with Gasteiger partial charge in [-0.2, -0.15) is 0 Å². The number of carbonyl (C=O) groups is 1. The van der Waals surface area contributed by atoms with Gasteiger partial charge in [0.2, 0.25) is 0 Å². The summed E-state index contributed by atoms with van der Waals surface area (Å²) in [6.07, 6.45) is 0. The second kappa shape index (κ2) is 3.67. The lowest BCUT2D eigenvalue weighted by Gasteiger charge is -2.23. The van der Waals surface area contributed by atoms with Crippen molar-refractivity contribution in [3.05, 3.63) is 29.8 Å². The van der Waals surface area contributed by atoms with Crippen molar-refractivity contribution in [1.29, 1.82) is 0 Å². The third-order valence-electron chi connectivity index (χ3n) is 2.28. The molecule has 0 fully saturated rings. The van der Waals surface area contributed by atoms with E-state index in [4.69, 9.17) is 15.6 Å². The minimum absolute atomic E-state index is 0.571. The fourth-order valence-electron chi connectivity index (χ4n) is 1.13. The average Bonchev–Trinajstić information content (AvgIpc) is 2.17. The van der Waals surface area contributed by atoms with Crippen LogP contribution in [0.3, 0.4) is 0 Å². The number of rotatable bonds is 3. The van der Waals surface area contributed by atoms with Crippen LogP contribution in [0.25, 0.3) is 0 Å². The molecule has 0 aliphatic carbocycles. The van der Waals surface area contributed by atoms with Crippen LogP contribution in [0.2, 0.25) is 0 Å². The highest BCUT2D eigenvalue weighted by Crippen LogP contribution is 2.25. The number of hydrogen-bond acceptors (Lipinski definition) is 3. The standard InChI is InChI=1S/C10H13NO3/c1-10(14-2,9(12)13)7-3-5-8(11)6-4-7/h3-6H,11H2,1-2H3,(H,12,13). The first-order valence-corrected chi connectivity index (χ1v) is 4.15. The maximum atomic E-state index is 11.0. The zero-order chi connectivity index (χ0) is 10.8. The molecule has 14 heavy (non-hydrogen) atoms. The summed E-state index contributed by atoms with van der Waals surface area (Å²) in [6.45, 7) is 1.50. The average molecular weight is 195 g/mol. The Morgan fingerprint density at radius 2 is 1.93 bits per heavy atom. The predicted molar refractivity (Wildman–Crippen MR) is 52.9 cm³/mol. The van der Waals surface area contributed by atoms with Gasteiger partial charge in [-0.15, -0.1) is 0 Å². The van der Waals surface area contributed by atoms with E-state index in [-0.39, 0.29) is 0 Å². The zero-order valence-corrected chi connectivity index (χ0v) is 8.15. The molecule has 0 amide bonds. The maximum absolute atomic E-state index is 11.0. The van der Waals surface area contributed by atoms with Crippen molar-refractivity contribution in [2.45, 2.75) is 12.5 Å². The topological polar surface area (TPSA) is 72.5 Å². The number of hydrogen-bond donors (Lipinski definition) is 2. The fraction of sp³-hybridized carbons (Fsp3) is 0.300. The molecule has 1 atom stereocenters. The van der Waals surface area contributed by atoms with Crippen LogP contribution < -0.4 is 5.73 Å². The lowest BCUT2D eigenvalue weighted by molar-refractivity contribution is -0.161. The SMILES string of the molecule is COC(C)(C(=O)O)c1ccc(N)cc1. The van der Waals surface area contributed by atoms with E-state index in [1.807, 2.05) is 0 Å². The van der Waals surface area contributed by atoms with E-state index in [9.17, 15) is 4.79 Å². The van der Waals surface area contributed by atoms with E-state index >= 15 is 0 Å². The second-order valence-corrected chi connectivity index (χ2v) is 3.16. The number of benzene rings is 1. The minimum Gasteiger partial charge on any atom is -0.479 e. The number of carboxylic acids is 1. The van der Waals surface area contributed by atoms with Gasteiger partial charge in [-0.3, -0.25) is 0 Å². The van der Waals surface area contributed by atoms with E-state index in [2.05, 4.69) is 0 Å². The lowest BCUT2D eigenvalue weighted by Crippen LogP contribution is -2.34. The Bertz CT molecular complexity index is 334. The fourth-order valence-corrected chi connectivity index (χ4v) is 1.13. The number of anilines is 1. The number of aliphatic carboxylic acids is 1. The summed E-state index contributed by atoms with van der Waals surface area (Å²) in [5.74, 6) is -1.02. The lowest BCUT2D eigenvalue weighted by atomic mass is 9.96. The first-order valence-electron chi connectivity index (χ1n) is 4.15. The van der Waals surface area contributed by atoms with Crippen molar-refractivity contribution in [1.82, 2.24) is 0 Å². The Morgan fingerprint density at radius 3 is 2.29 bits per heavy atom. The molecule has 76 valence electrons. The van der Waals surface area contributed by atoms with Crippen LogP contribution in [-0.4, -0.2) is 18.2 Å². The third kappa shape index (κ3) is 1.70. The quantitative estimate of drug-likeness (QED) is 0.711. The Balaban J connectivity index is 3.13. The summed E-state index contributed by atoms with van der Waals surface area (Å²) in [5.41, 5.74) is 5.35. The minimum atomic E-state index is -1.31. The summed E-state index contributed by atoms with van der Waals surface area (Å²) in [5, 5.41) is 9.00. The van der Waals surface area contributed by atoms with Crippen molar-refractivity contribution in [3.8, 4) is 0 Å². The largest absolute Gasteiger partial charge is 0.479 e. The molecule has 0 radical (unpaired) electrons. The van der Waals surface area contributed by atoms with Gasteiger partial charge in [0.05, 0.1) is 0 Å². The molecule has 4 heteroatoms. The van der Waals surface area contributed by atoms with E-state index in [0.29, 0.717) is 11.3 Å². The normalized spacial score (nSPS) is 14.7. The molecule has 1 unspecified atom stereocenters. The number of methoxy groups -OCH3 is 1. The Hall–Kier alpha value is -1.55. The van der Waals surface area contributed by atoms with Crippen molar-refractivity contribution < 1.29 is 14.6 Å². The zero-order valence-electron chi connectivity index (χ0n) is 8.15. The van der Waals surface area contributed by atoms with Gasteiger partial charge in [0.1, 0.15) is 0 Å². The molecule has 3 N–H and O–H groups in total. The first kappa shape index (κ1) is 10.5. The van der Waals surface area contributed by atoms with Gasteiger partial charge in [0.15, 0.2) is 5.60 Å². The third-order valence-corrected chi connectivity index (χ3v) is 2.28. The van der Waals surface area contributed by atoms with E-state index in [1.165, 1.54) is 14.0 Å². The molecule has 1 aromatic carbocycles. The molecule has 0 saturated carbocycles. The molecule has 1 rings (SSSR count). The van der Waals surface area contributed by atoms with Crippen LogP contribution >= 0.6 is 0 Å². The Kier molecular flexibility index (Phi) is 2.76. The summed E-state index contributed by atoms with van der Waals surface area (Å²) < 4.78 is 4.98. The highest BCUT2D eigenvalue weighted by atomic mass is 16.5. The molecule has 0 spiro atoms. The smallest absolute Gasteiger partial charge is 0.340 e. The Labute approximate surface area is 82.3 Å². The maximum Gasteiger partial charge on any atom is 0.340 e. The number of nitrogens with two attached hydrogens (primary N) is 1. The summed E-state index contributed by atoms with van der Waals surface area (Å²) in [4.78, 5) is 11.0. The van der Waals surface area contributed by atoms with Gasteiger partial charge in [-0.05, 0) is 24.6 Å². The molecule has 1 aromatic rings. The van der Waals surface area contributed by atoms with Gasteiger partial charge in [0.25, 0.3) is 0 Å². The first-order chi connectivity index (χ1) is 6.50. The van der Waals surface area contributed by atoms with Crippen LogP contribution in [0, 0.1) is 0 Å². The number of ether oxygens (including phenoxy) is 1. The Morgan fingerprint density at radius 1 is 1.43 bits per heavy atom. The second-order valence-electron chi connectivity index (χ2n) is 3.16. The van der Waals surface area contributed by atoms with Crippen molar-refractivity contribution in [3.63, 3.8) is 0 Å².